The molecule has 1 fully saturated rings. The Morgan fingerprint density at radius 3 is 2.38 bits per heavy atom. The molecule has 1 heterocycles. The summed E-state index contributed by atoms with van der Waals surface area (Å²) in [5.74, 6) is 0.979. The number of ketones is 1. The molecule has 1 unspecified atom stereocenters. The van der Waals surface area contributed by atoms with Gasteiger partial charge in [-0.15, -0.1) is 12.4 Å². The summed E-state index contributed by atoms with van der Waals surface area (Å²) in [6.07, 6.45) is 0.371. The Balaban J connectivity index is 0.00000300. The lowest BCUT2D eigenvalue weighted by atomic mass is 10.0. The molecule has 8 heteroatoms. The first kappa shape index (κ1) is 23.3. The highest BCUT2D eigenvalue weighted by Crippen LogP contribution is 2.34. The van der Waals surface area contributed by atoms with Gasteiger partial charge in [-0.1, -0.05) is 42.5 Å². The van der Waals surface area contributed by atoms with Crippen molar-refractivity contribution >= 4 is 35.6 Å². The van der Waals surface area contributed by atoms with E-state index in [0.29, 0.717) is 12.0 Å². The molecule has 0 aliphatic carbocycles. The summed E-state index contributed by atoms with van der Waals surface area (Å²) in [4.78, 5) is 25.6. The number of hydrogen-bond acceptors (Lipinski definition) is 6. The first-order valence-corrected chi connectivity index (χ1v) is 10.4. The van der Waals surface area contributed by atoms with Gasteiger partial charge in [-0.05, 0) is 5.56 Å². The minimum Gasteiger partial charge on any atom is -0.379 e. The molecule has 6 nitrogen and oxygen atoms in total. The average molecular weight is 437 g/mol. The number of thioether (sulfide) groups is 1. The summed E-state index contributed by atoms with van der Waals surface area (Å²) in [7, 11) is 0. The molecular weight excluding hydrogens is 412 g/mol. The van der Waals surface area contributed by atoms with Gasteiger partial charge in [0.2, 0.25) is 0 Å². The number of hydrogen-bond donors (Lipinski definition) is 0. The van der Waals surface area contributed by atoms with E-state index in [-0.39, 0.29) is 29.1 Å². The minimum atomic E-state index is -0.403. The number of halogens is 1. The Morgan fingerprint density at radius 1 is 1.10 bits per heavy atom. The molecule has 1 aliphatic rings. The van der Waals surface area contributed by atoms with Gasteiger partial charge in [0.1, 0.15) is 0 Å². The van der Waals surface area contributed by atoms with E-state index < -0.39 is 4.92 Å². The number of nitro benzene ring substituents is 1. The molecule has 0 spiro atoms. The van der Waals surface area contributed by atoms with Crippen LogP contribution in [0.2, 0.25) is 0 Å². The Morgan fingerprint density at radius 2 is 1.76 bits per heavy atom. The predicted octanol–water partition coefficient (Wildman–Crippen LogP) is 4.40. The first-order chi connectivity index (χ1) is 13.6. The van der Waals surface area contributed by atoms with E-state index in [0.717, 1.165) is 44.2 Å². The molecule has 1 atom stereocenters. The number of nitrogens with zero attached hydrogens (tertiary/aromatic N) is 2. The van der Waals surface area contributed by atoms with Crippen LogP contribution in [-0.4, -0.2) is 54.2 Å². The molecule has 1 aliphatic heterocycles. The molecular formula is C21H25ClN2O4S. The largest absolute Gasteiger partial charge is 0.379 e. The van der Waals surface area contributed by atoms with Crippen LogP contribution in [0.4, 0.5) is 5.69 Å². The molecule has 0 radical (unpaired) electrons. The maximum atomic E-state index is 12.7. The van der Waals surface area contributed by atoms with Gasteiger partial charge >= 0.3 is 0 Å². The van der Waals surface area contributed by atoms with Crippen molar-refractivity contribution in [1.82, 2.24) is 4.90 Å². The lowest BCUT2D eigenvalue weighted by Gasteiger charge is -2.27. The standard InChI is InChI=1S/C21H24N2O4S.ClH/c24-20(17-4-2-1-3-5-17)16-21(18-6-8-19(9-7-18)23(25)26)28-15-12-22-10-13-27-14-11-22;/h1-9,21H,10-16H2;1H. The SMILES string of the molecule is Cl.O=C(CC(SCCN1CCOCC1)c1ccc([N+](=O)[O-])cc1)c1ccccc1. The molecule has 156 valence electrons. The van der Waals surface area contributed by atoms with E-state index >= 15 is 0 Å². The van der Waals surface area contributed by atoms with E-state index in [2.05, 4.69) is 4.90 Å². The Kier molecular flexibility index (Phi) is 9.60. The lowest BCUT2D eigenvalue weighted by molar-refractivity contribution is -0.384. The molecule has 2 aromatic rings. The van der Waals surface area contributed by atoms with Crippen molar-refractivity contribution in [3.8, 4) is 0 Å². The Bertz CT molecular complexity index is 783. The van der Waals surface area contributed by atoms with Gasteiger partial charge in [-0.3, -0.25) is 19.8 Å². The second kappa shape index (κ2) is 11.9. The van der Waals surface area contributed by atoms with Gasteiger partial charge in [0.15, 0.2) is 5.78 Å². The third kappa shape index (κ3) is 7.12. The van der Waals surface area contributed by atoms with Crippen molar-refractivity contribution in [2.24, 2.45) is 0 Å². The molecule has 0 saturated carbocycles. The topological polar surface area (TPSA) is 72.7 Å². The summed E-state index contributed by atoms with van der Waals surface area (Å²) in [6.45, 7) is 4.35. The molecule has 0 amide bonds. The second-order valence-corrected chi connectivity index (χ2v) is 7.97. The number of ether oxygens (including phenoxy) is 1. The molecule has 2 aromatic carbocycles. The monoisotopic (exact) mass is 436 g/mol. The fraction of sp³-hybridized carbons (Fsp3) is 0.381. The Labute approximate surface area is 181 Å². The quantitative estimate of drug-likeness (QED) is 0.329. The number of Topliss-reactive ketones (excluding diaryl/α,β-unsaturated/α-hetero) is 1. The van der Waals surface area contributed by atoms with Crippen LogP contribution in [0.5, 0.6) is 0 Å². The fourth-order valence-electron chi connectivity index (χ4n) is 3.14. The predicted molar refractivity (Wildman–Crippen MR) is 118 cm³/mol. The van der Waals surface area contributed by atoms with E-state index in [1.165, 1.54) is 12.1 Å². The normalized spacial score (nSPS) is 15.3. The molecule has 0 N–H and O–H groups in total. The molecule has 0 aromatic heterocycles. The van der Waals surface area contributed by atoms with Crippen molar-refractivity contribution in [3.05, 3.63) is 75.8 Å². The minimum absolute atomic E-state index is 0. The zero-order valence-electron chi connectivity index (χ0n) is 16.1. The van der Waals surface area contributed by atoms with Gasteiger partial charge in [-0.2, -0.15) is 11.8 Å². The van der Waals surface area contributed by atoms with Crippen molar-refractivity contribution in [2.45, 2.75) is 11.7 Å². The van der Waals surface area contributed by atoms with Crippen LogP contribution in [0, 0.1) is 10.1 Å². The first-order valence-electron chi connectivity index (χ1n) is 9.38. The summed E-state index contributed by atoms with van der Waals surface area (Å²) >= 11 is 1.73. The van der Waals surface area contributed by atoms with Crippen LogP contribution >= 0.6 is 24.2 Å². The number of carbonyl (C=O) groups excluding carboxylic acids is 1. The van der Waals surface area contributed by atoms with Crippen LogP contribution < -0.4 is 0 Å². The van der Waals surface area contributed by atoms with Crippen molar-refractivity contribution < 1.29 is 14.5 Å². The fourth-order valence-corrected chi connectivity index (χ4v) is 4.41. The number of non-ortho nitro benzene ring substituents is 1. The van der Waals surface area contributed by atoms with Gasteiger partial charge in [-0.25, -0.2) is 0 Å². The zero-order chi connectivity index (χ0) is 19.8. The average Bonchev–Trinajstić information content (AvgIpc) is 2.74. The smallest absolute Gasteiger partial charge is 0.269 e. The van der Waals surface area contributed by atoms with Crippen LogP contribution in [0.25, 0.3) is 0 Å². The third-order valence-electron chi connectivity index (χ3n) is 4.77. The zero-order valence-corrected chi connectivity index (χ0v) is 17.7. The van der Waals surface area contributed by atoms with Gasteiger partial charge in [0.05, 0.1) is 18.1 Å². The van der Waals surface area contributed by atoms with Crippen molar-refractivity contribution in [3.63, 3.8) is 0 Å². The maximum absolute atomic E-state index is 12.7. The number of nitro groups is 1. The summed E-state index contributed by atoms with van der Waals surface area (Å²) in [5, 5.41) is 10.9. The summed E-state index contributed by atoms with van der Waals surface area (Å²) in [5.41, 5.74) is 1.71. The molecule has 3 rings (SSSR count). The van der Waals surface area contributed by atoms with Crippen LogP contribution in [0.1, 0.15) is 27.6 Å². The highest BCUT2D eigenvalue weighted by molar-refractivity contribution is 7.99. The van der Waals surface area contributed by atoms with Gasteiger partial charge in [0.25, 0.3) is 5.69 Å². The summed E-state index contributed by atoms with van der Waals surface area (Å²) < 4.78 is 5.38. The van der Waals surface area contributed by atoms with Crippen LogP contribution in [-0.2, 0) is 4.74 Å². The van der Waals surface area contributed by atoms with Gasteiger partial charge in [0, 0.05) is 54.8 Å². The van der Waals surface area contributed by atoms with E-state index in [4.69, 9.17) is 4.74 Å². The van der Waals surface area contributed by atoms with Gasteiger partial charge < -0.3 is 4.74 Å². The van der Waals surface area contributed by atoms with E-state index in [1.54, 1.807) is 23.9 Å². The van der Waals surface area contributed by atoms with Crippen molar-refractivity contribution in [1.29, 1.82) is 0 Å². The Hall–Kier alpha value is -1.93. The molecule has 0 bridgehead atoms. The number of rotatable bonds is 9. The number of morpholine rings is 1. The van der Waals surface area contributed by atoms with E-state index in [1.807, 2.05) is 30.3 Å². The number of carbonyl (C=O) groups is 1. The molecule has 1 saturated heterocycles. The summed E-state index contributed by atoms with van der Waals surface area (Å²) in [6, 6.07) is 15.8. The molecule has 29 heavy (non-hydrogen) atoms. The second-order valence-electron chi connectivity index (χ2n) is 6.66. The maximum Gasteiger partial charge on any atom is 0.269 e. The lowest BCUT2D eigenvalue weighted by Crippen LogP contribution is -2.37. The van der Waals surface area contributed by atoms with E-state index in [9.17, 15) is 14.9 Å². The van der Waals surface area contributed by atoms with Crippen molar-refractivity contribution in [2.75, 3.05) is 38.6 Å². The third-order valence-corrected chi connectivity index (χ3v) is 6.03. The highest BCUT2D eigenvalue weighted by Gasteiger charge is 2.20. The highest BCUT2D eigenvalue weighted by atomic mass is 35.5. The van der Waals surface area contributed by atoms with Crippen LogP contribution in [0.3, 0.4) is 0 Å². The van der Waals surface area contributed by atoms with Crippen LogP contribution in [0.15, 0.2) is 54.6 Å². The number of benzene rings is 2.